The maximum atomic E-state index is 13.4. The van der Waals surface area contributed by atoms with E-state index in [1.165, 1.54) is 5.56 Å². The summed E-state index contributed by atoms with van der Waals surface area (Å²) in [6.07, 6.45) is 2.65. The van der Waals surface area contributed by atoms with E-state index in [1.54, 1.807) is 12.1 Å². The Hall–Kier alpha value is -3.25. The quantitative estimate of drug-likeness (QED) is 0.603. The molecule has 6 nitrogen and oxygen atoms in total. The first-order valence-corrected chi connectivity index (χ1v) is 11.8. The molecule has 0 radical (unpaired) electrons. The maximum absolute atomic E-state index is 13.4. The molecular formula is C27H32N4O2. The lowest BCUT2D eigenvalue weighted by molar-refractivity contribution is -0.136. The summed E-state index contributed by atoms with van der Waals surface area (Å²) in [5.41, 5.74) is 2.83. The van der Waals surface area contributed by atoms with Crippen molar-refractivity contribution in [1.82, 2.24) is 20.1 Å². The molecule has 1 aliphatic rings. The smallest absolute Gasteiger partial charge is 0.251 e. The van der Waals surface area contributed by atoms with E-state index in [-0.39, 0.29) is 17.7 Å². The summed E-state index contributed by atoms with van der Waals surface area (Å²) < 4.78 is 0. The van der Waals surface area contributed by atoms with Gasteiger partial charge in [-0.15, -0.1) is 0 Å². The number of nitrogens with zero attached hydrogens (tertiary/aromatic N) is 3. The summed E-state index contributed by atoms with van der Waals surface area (Å²) in [5.74, 6) is -0.124. The summed E-state index contributed by atoms with van der Waals surface area (Å²) >= 11 is 0. The summed E-state index contributed by atoms with van der Waals surface area (Å²) in [4.78, 5) is 35.0. The van der Waals surface area contributed by atoms with Crippen LogP contribution in [0.3, 0.4) is 0 Å². The standard InChI is InChI=1S/C27H32N4O2/c1-3-20(2)24(29-26(32)22-9-5-4-6-10-22)27(33)31-17-15-30(16-18-31)19-23-12-7-11-21-13-8-14-28-25(21)23/h4-14,20,24H,3,15-19H2,1-2H3,(H,29,32). The van der Waals surface area contributed by atoms with Crippen molar-refractivity contribution in [3.63, 3.8) is 0 Å². The molecule has 0 saturated carbocycles. The second kappa shape index (κ2) is 10.6. The van der Waals surface area contributed by atoms with Gasteiger partial charge in [0.15, 0.2) is 0 Å². The van der Waals surface area contributed by atoms with Crippen LogP contribution in [0.15, 0.2) is 66.9 Å². The Morgan fingerprint density at radius 1 is 0.970 bits per heavy atom. The summed E-state index contributed by atoms with van der Waals surface area (Å²) in [6.45, 7) is 7.81. The number of hydrogen-bond acceptors (Lipinski definition) is 4. The fourth-order valence-corrected chi connectivity index (χ4v) is 4.36. The molecule has 2 atom stereocenters. The van der Waals surface area contributed by atoms with Gasteiger partial charge in [-0.3, -0.25) is 19.5 Å². The van der Waals surface area contributed by atoms with Crippen LogP contribution in [0.2, 0.25) is 0 Å². The highest BCUT2D eigenvalue weighted by Crippen LogP contribution is 2.19. The largest absolute Gasteiger partial charge is 0.340 e. The molecule has 33 heavy (non-hydrogen) atoms. The van der Waals surface area contributed by atoms with Crippen molar-refractivity contribution in [3.05, 3.63) is 78.0 Å². The topological polar surface area (TPSA) is 65.5 Å². The molecule has 1 fully saturated rings. The number of hydrogen-bond donors (Lipinski definition) is 1. The SMILES string of the molecule is CCC(C)C(NC(=O)c1ccccc1)C(=O)N1CCN(Cc2cccc3cccnc23)CC1. The third-order valence-corrected chi connectivity index (χ3v) is 6.60. The van der Waals surface area contributed by atoms with E-state index in [1.807, 2.05) is 42.3 Å². The number of benzene rings is 2. The molecule has 3 aromatic rings. The van der Waals surface area contributed by atoms with E-state index >= 15 is 0 Å². The highest BCUT2D eigenvalue weighted by Gasteiger charge is 2.32. The molecule has 6 heteroatoms. The van der Waals surface area contributed by atoms with Gasteiger partial charge in [0.25, 0.3) is 5.91 Å². The lowest BCUT2D eigenvalue weighted by atomic mass is 9.97. The minimum Gasteiger partial charge on any atom is -0.340 e. The molecule has 2 unspecified atom stereocenters. The van der Waals surface area contributed by atoms with Gasteiger partial charge in [-0.2, -0.15) is 0 Å². The fraction of sp³-hybridized carbons (Fsp3) is 0.370. The number of nitrogens with one attached hydrogen (secondary N) is 1. The average Bonchev–Trinajstić information content (AvgIpc) is 2.87. The molecule has 2 heterocycles. The molecule has 1 aromatic heterocycles. The van der Waals surface area contributed by atoms with Gasteiger partial charge >= 0.3 is 0 Å². The third kappa shape index (κ3) is 5.40. The molecule has 0 spiro atoms. The van der Waals surface area contributed by atoms with Crippen LogP contribution in [0.4, 0.5) is 0 Å². The number of carbonyl (C=O) groups is 2. The molecule has 0 aliphatic carbocycles. The van der Waals surface area contributed by atoms with Crippen molar-refractivity contribution in [2.24, 2.45) is 5.92 Å². The van der Waals surface area contributed by atoms with E-state index < -0.39 is 6.04 Å². The molecular weight excluding hydrogens is 412 g/mol. The number of amides is 2. The lowest BCUT2D eigenvalue weighted by Gasteiger charge is -2.37. The highest BCUT2D eigenvalue weighted by atomic mass is 16.2. The monoisotopic (exact) mass is 444 g/mol. The van der Waals surface area contributed by atoms with Crippen LogP contribution in [0.25, 0.3) is 10.9 Å². The number of fused-ring (bicyclic) bond motifs is 1. The zero-order valence-corrected chi connectivity index (χ0v) is 19.4. The molecule has 1 N–H and O–H groups in total. The number of carbonyl (C=O) groups excluding carboxylic acids is 2. The number of aromatic nitrogens is 1. The van der Waals surface area contributed by atoms with Crippen molar-refractivity contribution in [3.8, 4) is 0 Å². The number of para-hydroxylation sites is 1. The Balaban J connectivity index is 1.38. The van der Waals surface area contributed by atoms with Crippen molar-refractivity contribution >= 4 is 22.7 Å². The lowest BCUT2D eigenvalue weighted by Crippen LogP contribution is -2.56. The van der Waals surface area contributed by atoms with E-state index in [0.29, 0.717) is 18.7 Å². The van der Waals surface area contributed by atoms with Gasteiger partial charge < -0.3 is 10.2 Å². The Bertz CT molecular complexity index is 1090. The molecule has 2 amide bonds. The van der Waals surface area contributed by atoms with Crippen molar-refractivity contribution in [1.29, 1.82) is 0 Å². The first-order chi connectivity index (χ1) is 16.1. The van der Waals surface area contributed by atoms with Crippen molar-refractivity contribution in [2.75, 3.05) is 26.2 Å². The van der Waals surface area contributed by atoms with Gasteiger partial charge in [0.05, 0.1) is 5.52 Å². The summed E-state index contributed by atoms with van der Waals surface area (Å²) in [5, 5.41) is 4.15. The predicted octanol–water partition coefficient (Wildman–Crippen LogP) is 3.72. The Morgan fingerprint density at radius 2 is 1.70 bits per heavy atom. The normalized spacial score (nSPS) is 16.4. The van der Waals surface area contributed by atoms with Gasteiger partial charge in [0, 0.05) is 49.9 Å². The minimum absolute atomic E-state index is 0.0140. The molecule has 1 saturated heterocycles. The van der Waals surface area contributed by atoms with Gasteiger partial charge in [-0.05, 0) is 29.7 Å². The van der Waals surface area contributed by atoms with Crippen LogP contribution < -0.4 is 5.32 Å². The molecule has 1 aliphatic heterocycles. The van der Waals surface area contributed by atoms with E-state index in [4.69, 9.17) is 0 Å². The zero-order chi connectivity index (χ0) is 23.2. The predicted molar refractivity (Wildman–Crippen MR) is 131 cm³/mol. The second-order valence-corrected chi connectivity index (χ2v) is 8.80. The Morgan fingerprint density at radius 3 is 2.42 bits per heavy atom. The average molecular weight is 445 g/mol. The zero-order valence-electron chi connectivity index (χ0n) is 19.4. The van der Waals surface area contributed by atoms with E-state index in [0.717, 1.165) is 37.0 Å². The Kier molecular flexibility index (Phi) is 7.35. The number of pyridine rings is 1. The molecule has 172 valence electrons. The summed E-state index contributed by atoms with van der Waals surface area (Å²) in [6, 6.07) is 18.9. The highest BCUT2D eigenvalue weighted by molar-refractivity contribution is 5.97. The van der Waals surface area contributed by atoms with Gasteiger partial charge in [0.2, 0.25) is 5.91 Å². The van der Waals surface area contributed by atoms with Crippen molar-refractivity contribution in [2.45, 2.75) is 32.9 Å². The van der Waals surface area contributed by atoms with Crippen LogP contribution in [-0.4, -0.2) is 58.8 Å². The minimum atomic E-state index is -0.517. The van der Waals surface area contributed by atoms with Crippen molar-refractivity contribution < 1.29 is 9.59 Å². The summed E-state index contributed by atoms with van der Waals surface area (Å²) in [7, 11) is 0. The first-order valence-electron chi connectivity index (χ1n) is 11.8. The third-order valence-electron chi connectivity index (χ3n) is 6.60. The molecule has 4 rings (SSSR count). The van der Waals surface area contributed by atoms with Gasteiger partial charge in [-0.1, -0.05) is 62.7 Å². The van der Waals surface area contributed by atoms with Crippen LogP contribution >= 0.6 is 0 Å². The van der Waals surface area contributed by atoms with Crippen LogP contribution in [-0.2, 0) is 11.3 Å². The molecule has 0 bridgehead atoms. The van der Waals surface area contributed by atoms with E-state index in [9.17, 15) is 9.59 Å². The maximum Gasteiger partial charge on any atom is 0.251 e. The van der Waals surface area contributed by atoms with Crippen LogP contribution in [0, 0.1) is 5.92 Å². The number of rotatable bonds is 7. The van der Waals surface area contributed by atoms with Crippen LogP contribution in [0.5, 0.6) is 0 Å². The molecule has 2 aromatic carbocycles. The van der Waals surface area contributed by atoms with Gasteiger partial charge in [0.1, 0.15) is 6.04 Å². The van der Waals surface area contributed by atoms with E-state index in [2.05, 4.69) is 46.4 Å². The second-order valence-electron chi connectivity index (χ2n) is 8.80. The fourth-order valence-electron chi connectivity index (χ4n) is 4.36. The Labute approximate surface area is 195 Å². The van der Waals surface area contributed by atoms with Crippen LogP contribution in [0.1, 0.15) is 36.2 Å². The van der Waals surface area contributed by atoms with Gasteiger partial charge in [-0.25, -0.2) is 0 Å². The first kappa shape index (κ1) is 22.9. The number of piperazine rings is 1.